The molecule has 0 aliphatic rings. The summed E-state index contributed by atoms with van der Waals surface area (Å²) in [6, 6.07) is 0.350. The van der Waals surface area contributed by atoms with Crippen molar-refractivity contribution < 1.29 is 40.6 Å². The van der Waals surface area contributed by atoms with Gasteiger partial charge < -0.3 is 15.2 Å². The van der Waals surface area contributed by atoms with E-state index in [0.29, 0.717) is 6.07 Å². The summed E-state index contributed by atoms with van der Waals surface area (Å²) in [5.41, 5.74) is 1.17. The highest BCUT2D eigenvalue weighted by molar-refractivity contribution is 5.92. The highest BCUT2D eigenvalue weighted by Gasteiger charge is 2.40. The van der Waals surface area contributed by atoms with Crippen LogP contribution in [0.3, 0.4) is 0 Å². The number of halogens is 6. The molecule has 0 bridgehead atoms. The number of aromatic nitrogens is 1. The molecule has 0 saturated heterocycles. The molecule has 2 N–H and O–H groups in total. The highest BCUT2D eigenvalue weighted by Crippen LogP contribution is 2.36. The minimum absolute atomic E-state index is 0.350. The molecule has 0 atom stereocenters. The topological polar surface area (TPSA) is 74.4 Å². The summed E-state index contributed by atoms with van der Waals surface area (Å²) in [7, 11) is 0.790. The van der Waals surface area contributed by atoms with Crippen LogP contribution in [0.15, 0.2) is 6.07 Å². The summed E-state index contributed by atoms with van der Waals surface area (Å²) in [4.78, 5) is 13.8. The summed E-state index contributed by atoms with van der Waals surface area (Å²) in [5.74, 6) is -2.95. The molecule has 11 heteroatoms. The maximum atomic E-state index is 12.6. The maximum absolute atomic E-state index is 12.6. The average molecular weight is 304 g/mol. The zero-order chi connectivity index (χ0) is 15.7. The molecule has 0 spiro atoms. The summed E-state index contributed by atoms with van der Waals surface area (Å²) in [5, 5.41) is 0. The van der Waals surface area contributed by atoms with Crippen molar-refractivity contribution in [3.05, 3.63) is 17.3 Å². The number of nitrogens with two attached hydrogens (primary N) is 1. The van der Waals surface area contributed by atoms with Gasteiger partial charge in [0.15, 0.2) is 5.69 Å². The van der Waals surface area contributed by atoms with Crippen LogP contribution < -0.4 is 10.5 Å². The van der Waals surface area contributed by atoms with Crippen molar-refractivity contribution in [3.63, 3.8) is 0 Å². The number of hydrogen-bond donors (Lipinski definition) is 1. The van der Waals surface area contributed by atoms with Gasteiger partial charge in [-0.05, 0) is 6.07 Å². The van der Waals surface area contributed by atoms with Crippen LogP contribution in [-0.2, 0) is 10.9 Å². The van der Waals surface area contributed by atoms with Crippen LogP contribution >= 0.6 is 0 Å². The van der Waals surface area contributed by atoms with Gasteiger partial charge in [0.05, 0.1) is 18.4 Å². The van der Waals surface area contributed by atoms with Crippen LogP contribution in [0, 0.1) is 0 Å². The van der Waals surface area contributed by atoms with Gasteiger partial charge in [0.2, 0.25) is 5.88 Å². The van der Waals surface area contributed by atoms with Crippen molar-refractivity contribution in [3.8, 4) is 5.88 Å². The largest absolute Gasteiger partial charge is 0.574 e. The number of carbonyl (C=O) groups excluding carboxylic acids is 1. The SMILES string of the molecule is COC(=O)c1cc(N)c(OC(F)(F)F)nc1C(F)(F)F. The van der Waals surface area contributed by atoms with Crippen LogP contribution in [0.1, 0.15) is 16.1 Å². The zero-order valence-corrected chi connectivity index (χ0v) is 9.59. The van der Waals surface area contributed by atoms with Crippen LogP contribution in [0.5, 0.6) is 5.88 Å². The second-order valence-electron chi connectivity index (χ2n) is 3.32. The second-order valence-corrected chi connectivity index (χ2v) is 3.32. The lowest BCUT2D eigenvalue weighted by atomic mass is 10.1. The number of nitrogen functional groups attached to an aromatic ring is 1. The van der Waals surface area contributed by atoms with Gasteiger partial charge >= 0.3 is 18.5 Å². The van der Waals surface area contributed by atoms with Gasteiger partial charge in [-0.1, -0.05) is 0 Å². The maximum Gasteiger partial charge on any atom is 0.574 e. The average Bonchev–Trinajstić information content (AvgIpc) is 2.27. The molecule has 0 aliphatic heterocycles. The van der Waals surface area contributed by atoms with E-state index >= 15 is 0 Å². The molecule has 0 radical (unpaired) electrons. The fourth-order valence-electron chi connectivity index (χ4n) is 1.18. The molecular weight excluding hydrogens is 298 g/mol. The first-order valence-electron chi connectivity index (χ1n) is 4.67. The van der Waals surface area contributed by atoms with Gasteiger partial charge in [-0.25, -0.2) is 9.78 Å². The standard InChI is InChI=1S/C9H6F6N2O3/c1-19-7(18)3-2-4(16)6(20-9(13,14)15)17-5(3)8(10,11)12/h2H,16H2,1H3. The molecular formula is C9H6F6N2O3. The molecule has 0 aromatic carbocycles. The van der Waals surface area contributed by atoms with Crippen molar-refractivity contribution in [1.29, 1.82) is 0 Å². The quantitative estimate of drug-likeness (QED) is 0.670. The monoisotopic (exact) mass is 304 g/mol. The van der Waals surface area contributed by atoms with E-state index in [0.717, 1.165) is 7.11 Å². The van der Waals surface area contributed by atoms with Crippen molar-refractivity contribution in [2.24, 2.45) is 0 Å². The Morgan fingerprint density at radius 2 is 1.80 bits per heavy atom. The third-order valence-corrected chi connectivity index (χ3v) is 1.90. The fourth-order valence-corrected chi connectivity index (χ4v) is 1.18. The van der Waals surface area contributed by atoms with Gasteiger partial charge in [0.25, 0.3) is 0 Å². The molecule has 0 aliphatic carbocycles. The highest BCUT2D eigenvalue weighted by atomic mass is 19.4. The molecule has 0 saturated carbocycles. The number of anilines is 1. The number of carbonyl (C=O) groups is 1. The Morgan fingerprint density at radius 3 is 2.20 bits per heavy atom. The van der Waals surface area contributed by atoms with Crippen molar-refractivity contribution in [2.45, 2.75) is 12.5 Å². The third kappa shape index (κ3) is 3.65. The predicted octanol–water partition coefficient (Wildman–Crippen LogP) is 2.37. The number of esters is 1. The van der Waals surface area contributed by atoms with Gasteiger partial charge in [-0.2, -0.15) is 13.2 Å². The number of nitrogens with zero attached hydrogens (tertiary/aromatic N) is 1. The summed E-state index contributed by atoms with van der Waals surface area (Å²) >= 11 is 0. The summed E-state index contributed by atoms with van der Waals surface area (Å²) < 4.78 is 81.2. The lowest BCUT2D eigenvalue weighted by Crippen LogP contribution is -2.22. The lowest BCUT2D eigenvalue weighted by Gasteiger charge is -2.15. The normalized spacial score (nSPS) is 12.2. The molecule has 0 unspecified atom stereocenters. The molecule has 0 amide bonds. The van der Waals surface area contributed by atoms with Crippen molar-refractivity contribution in [1.82, 2.24) is 4.98 Å². The summed E-state index contributed by atoms with van der Waals surface area (Å²) in [6.45, 7) is 0. The Kier molecular flexibility index (Phi) is 4.01. The minimum atomic E-state index is -5.28. The zero-order valence-electron chi connectivity index (χ0n) is 9.59. The first-order valence-corrected chi connectivity index (χ1v) is 4.67. The molecule has 5 nitrogen and oxygen atoms in total. The van der Waals surface area contributed by atoms with Gasteiger partial charge in [0.1, 0.15) is 0 Å². The number of rotatable bonds is 2. The number of pyridine rings is 1. The van der Waals surface area contributed by atoms with Gasteiger partial charge in [-0.3, -0.25) is 0 Å². The van der Waals surface area contributed by atoms with E-state index in [-0.39, 0.29) is 0 Å². The van der Waals surface area contributed by atoms with E-state index in [1.54, 1.807) is 0 Å². The van der Waals surface area contributed by atoms with Crippen LogP contribution in [0.2, 0.25) is 0 Å². The Hall–Kier alpha value is -2.20. The van der Waals surface area contributed by atoms with E-state index in [2.05, 4.69) is 14.5 Å². The molecule has 1 aromatic rings. The predicted molar refractivity (Wildman–Crippen MR) is 51.7 cm³/mol. The first-order chi connectivity index (χ1) is 8.95. The molecule has 20 heavy (non-hydrogen) atoms. The summed E-state index contributed by atoms with van der Waals surface area (Å²) in [6.07, 6.45) is -10.5. The van der Waals surface area contributed by atoms with Crippen molar-refractivity contribution >= 4 is 11.7 Å². The second kappa shape index (κ2) is 5.06. The van der Waals surface area contributed by atoms with Gasteiger partial charge in [0, 0.05) is 0 Å². The van der Waals surface area contributed by atoms with E-state index in [1.165, 1.54) is 0 Å². The Labute approximate surface area is 107 Å². The first kappa shape index (κ1) is 15.9. The van der Waals surface area contributed by atoms with E-state index in [1.807, 2.05) is 0 Å². The molecule has 1 aromatic heterocycles. The molecule has 1 rings (SSSR count). The fraction of sp³-hybridized carbons (Fsp3) is 0.333. The Balaban J connectivity index is 3.44. The van der Waals surface area contributed by atoms with Crippen LogP contribution in [0.4, 0.5) is 32.0 Å². The molecule has 1 heterocycles. The Bertz CT molecular complexity index is 526. The molecule has 0 fully saturated rings. The number of alkyl halides is 6. The third-order valence-electron chi connectivity index (χ3n) is 1.90. The Morgan fingerprint density at radius 1 is 1.25 bits per heavy atom. The van der Waals surface area contributed by atoms with Gasteiger partial charge in [-0.15, -0.1) is 13.2 Å². The number of hydrogen-bond acceptors (Lipinski definition) is 5. The number of ether oxygens (including phenoxy) is 2. The van der Waals surface area contributed by atoms with E-state index in [9.17, 15) is 31.1 Å². The minimum Gasteiger partial charge on any atom is -0.465 e. The van der Waals surface area contributed by atoms with Crippen LogP contribution in [-0.4, -0.2) is 24.4 Å². The smallest absolute Gasteiger partial charge is 0.465 e. The molecule has 112 valence electrons. The number of methoxy groups -OCH3 is 1. The van der Waals surface area contributed by atoms with Crippen molar-refractivity contribution in [2.75, 3.05) is 12.8 Å². The lowest BCUT2D eigenvalue weighted by molar-refractivity contribution is -0.276. The van der Waals surface area contributed by atoms with E-state index in [4.69, 9.17) is 5.73 Å². The van der Waals surface area contributed by atoms with Crippen LogP contribution in [0.25, 0.3) is 0 Å². The van der Waals surface area contributed by atoms with E-state index < -0.39 is 41.3 Å².